The fraction of sp³-hybridized carbons (Fsp3) is 0.200. The highest BCUT2D eigenvalue weighted by Gasteiger charge is 2.06. The molecule has 0 atom stereocenters. The molecule has 0 unspecified atom stereocenters. The molecule has 0 aliphatic rings. The molecule has 0 bridgehead atoms. The molecule has 104 valence electrons. The first-order chi connectivity index (χ1) is 9.70. The molecule has 0 aliphatic heterocycles. The normalized spacial score (nSPS) is 10.1. The Kier molecular flexibility index (Phi) is 4.55. The van der Waals surface area contributed by atoms with E-state index in [2.05, 4.69) is 10.3 Å². The van der Waals surface area contributed by atoms with Gasteiger partial charge in [0.1, 0.15) is 11.6 Å². The largest absolute Gasteiger partial charge is 0.508 e. The van der Waals surface area contributed by atoms with E-state index in [1.807, 2.05) is 12.1 Å². The van der Waals surface area contributed by atoms with Crippen LogP contribution in [-0.4, -0.2) is 22.7 Å². The third kappa shape index (κ3) is 3.47. The summed E-state index contributed by atoms with van der Waals surface area (Å²) in [5.74, 6) is 0.483. The van der Waals surface area contributed by atoms with Crippen LogP contribution in [0.15, 0.2) is 42.6 Å². The number of ether oxygens (including phenoxy) is 1. The van der Waals surface area contributed by atoms with Crippen molar-refractivity contribution in [1.82, 2.24) is 4.98 Å². The van der Waals surface area contributed by atoms with Crippen LogP contribution in [0.4, 0.5) is 5.82 Å². The van der Waals surface area contributed by atoms with Crippen LogP contribution in [0.3, 0.4) is 0 Å². The van der Waals surface area contributed by atoms with Gasteiger partial charge in [-0.3, -0.25) is 0 Å². The Bertz CT molecular complexity index is 582. The number of phenolic OH excluding ortho intramolecular Hbond substituents is 1. The van der Waals surface area contributed by atoms with E-state index in [1.165, 1.54) is 6.20 Å². The van der Waals surface area contributed by atoms with Gasteiger partial charge in [0.25, 0.3) is 0 Å². The SMILES string of the molecule is CCOC(=O)c1ccc(NCc2ccccc2O)nc1. The third-order valence-corrected chi connectivity index (χ3v) is 2.73. The molecule has 2 rings (SSSR count). The van der Waals surface area contributed by atoms with Crippen molar-refractivity contribution >= 4 is 11.8 Å². The van der Waals surface area contributed by atoms with Gasteiger partial charge in [-0.25, -0.2) is 9.78 Å². The first-order valence-electron chi connectivity index (χ1n) is 6.34. The number of esters is 1. The van der Waals surface area contributed by atoms with E-state index in [0.717, 1.165) is 5.56 Å². The zero-order chi connectivity index (χ0) is 14.4. The second-order valence-electron chi connectivity index (χ2n) is 4.13. The first kappa shape index (κ1) is 13.9. The Morgan fingerprint density at radius 2 is 2.10 bits per heavy atom. The number of carbonyl (C=O) groups is 1. The molecule has 2 N–H and O–H groups in total. The molecule has 1 heterocycles. The average Bonchev–Trinajstić information content (AvgIpc) is 2.47. The lowest BCUT2D eigenvalue weighted by atomic mass is 10.2. The van der Waals surface area contributed by atoms with Gasteiger partial charge >= 0.3 is 5.97 Å². The number of anilines is 1. The summed E-state index contributed by atoms with van der Waals surface area (Å²) in [6.45, 7) is 2.55. The standard InChI is InChI=1S/C15H16N2O3/c1-2-20-15(19)12-7-8-14(17-10-12)16-9-11-5-3-4-6-13(11)18/h3-8,10,18H,2,9H2,1H3,(H,16,17). The number of carbonyl (C=O) groups excluding carboxylic acids is 1. The molecule has 0 saturated carbocycles. The predicted molar refractivity (Wildman–Crippen MR) is 75.6 cm³/mol. The van der Waals surface area contributed by atoms with E-state index < -0.39 is 0 Å². The maximum absolute atomic E-state index is 11.5. The Hall–Kier alpha value is -2.56. The van der Waals surface area contributed by atoms with Crippen LogP contribution in [0.5, 0.6) is 5.75 Å². The van der Waals surface area contributed by atoms with Crippen molar-refractivity contribution in [3.05, 3.63) is 53.7 Å². The van der Waals surface area contributed by atoms with Crippen LogP contribution in [0.2, 0.25) is 0 Å². The summed E-state index contributed by atoms with van der Waals surface area (Å²) >= 11 is 0. The molecule has 0 amide bonds. The molecule has 5 nitrogen and oxygen atoms in total. The van der Waals surface area contributed by atoms with E-state index in [1.54, 1.807) is 31.2 Å². The van der Waals surface area contributed by atoms with Crippen LogP contribution in [-0.2, 0) is 11.3 Å². The Morgan fingerprint density at radius 3 is 2.75 bits per heavy atom. The van der Waals surface area contributed by atoms with Gasteiger partial charge in [-0.2, -0.15) is 0 Å². The van der Waals surface area contributed by atoms with E-state index in [4.69, 9.17) is 4.74 Å². The van der Waals surface area contributed by atoms with Crippen LogP contribution < -0.4 is 5.32 Å². The molecule has 0 aliphatic carbocycles. The van der Waals surface area contributed by atoms with Crippen molar-refractivity contribution in [3.63, 3.8) is 0 Å². The molecule has 2 aromatic rings. The molecular formula is C15H16N2O3. The lowest BCUT2D eigenvalue weighted by Crippen LogP contribution is -2.06. The lowest BCUT2D eigenvalue weighted by Gasteiger charge is -2.08. The molecular weight excluding hydrogens is 256 g/mol. The second kappa shape index (κ2) is 6.56. The number of para-hydroxylation sites is 1. The zero-order valence-corrected chi connectivity index (χ0v) is 11.2. The topological polar surface area (TPSA) is 71.5 Å². The van der Waals surface area contributed by atoms with Gasteiger partial charge in [-0.05, 0) is 25.1 Å². The second-order valence-corrected chi connectivity index (χ2v) is 4.13. The lowest BCUT2D eigenvalue weighted by molar-refractivity contribution is 0.0526. The summed E-state index contributed by atoms with van der Waals surface area (Å²) in [4.78, 5) is 15.6. The maximum Gasteiger partial charge on any atom is 0.339 e. The fourth-order valence-electron chi connectivity index (χ4n) is 1.68. The highest BCUT2D eigenvalue weighted by Crippen LogP contribution is 2.17. The molecule has 0 spiro atoms. The van der Waals surface area contributed by atoms with Crippen molar-refractivity contribution in [2.75, 3.05) is 11.9 Å². The predicted octanol–water partition coefficient (Wildman–Crippen LogP) is 2.58. The number of aromatic hydroxyl groups is 1. The monoisotopic (exact) mass is 272 g/mol. The number of nitrogens with one attached hydrogen (secondary N) is 1. The molecule has 0 radical (unpaired) electrons. The van der Waals surface area contributed by atoms with Crippen molar-refractivity contribution < 1.29 is 14.6 Å². The molecule has 1 aromatic heterocycles. The number of phenols is 1. The highest BCUT2D eigenvalue weighted by molar-refractivity contribution is 5.89. The number of nitrogens with zero attached hydrogens (tertiary/aromatic N) is 1. The van der Waals surface area contributed by atoms with Gasteiger partial charge in [0.15, 0.2) is 0 Å². The van der Waals surface area contributed by atoms with Gasteiger partial charge in [0.05, 0.1) is 12.2 Å². The van der Waals surface area contributed by atoms with Gasteiger partial charge in [-0.15, -0.1) is 0 Å². The smallest absolute Gasteiger partial charge is 0.339 e. The third-order valence-electron chi connectivity index (χ3n) is 2.73. The maximum atomic E-state index is 11.5. The summed E-state index contributed by atoms with van der Waals surface area (Å²) in [6.07, 6.45) is 1.46. The fourth-order valence-corrected chi connectivity index (χ4v) is 1.68. The van der Waals surface area contributed by atoms with Gasteiger partial charge in [0.2, 0.25) is 0 Å². The van der Waals surface area contributed by atoms with Crippen LogP contribution in [0, 0.1) is 0 Å². The van der Waals surface area contributed by atoms with E-state index >= 15 is 0 Å². The van der Waals surface area contributed by atoms with Crippen LogP contribution in [0.25, 0.3) is 0 Å². The Morgan fingerprint density at radius 1 is 1.30 bits per heavy atom. The van der Waals surface area contributed by atoms with Crippen molar-refractivity contribution in [2.24, 2.45) is 0 Å². The number of hydrogen-bond donors (Lipinski definition) is 2. The van der Waals surface area contributed by atoms with Crippen molar-refractivity contribution in [1.29, 1.82) is 0 Å². The zero-order valence-electron chi connectivity index (χ0n) is 11.2. The molecule has 1 aromatic carbocycles. The summed E-state index contributed by atoms with van der Waals surface area (Å²) in [5, 5.41) is 12.7. The van der Waals surface area contributed by atoms with E-state index in [0.29, 0.717) is 24.5 Å². The molecule has 20 heavy (non-hydrogen) atoms. The average molecular weight is 272 g/mol. The van der Waals surface area contributed by atoms with E-state index in [-0.39, 0.29) is 11.7 Å². The van der Waals surface area contributed by atoms with Crippen molar-refractivity contribution in [2.45, 2.75) is 13.5 Å². The van der Waals surface area contributed by atoms with Crippen molar-refractivity contribution in [3.8, 4) is 5.75 Å². The minimum atomic E-state index is -0.382. The van der Waals surface area contributed by atoms with Crippen LogP contribution >= 0.6 is 0 Å². The quantitative estimate of drug-likeness (QED) is 0.818. The first-order valence-corrected chi connectivity index (χ1v) is 6.34. The number of benzene rings is 1. The van der Waals surface area contributed by atoms with Gasteiger partial charge < -0.3 is 15.2 Å². The molecule has 0 saturated heterocycles. The minimum Gasteiger partial charge on any atom is -0.508 e. The molecule has 5 heteroatoms. The number of rotatable bonds is 5. The van der Waals surface area contributed by atoms with Gasteiger partial charge in [-0.1, -0.05) is 18.2 Å². The van der Waals surface area contributed by atoms with Crippen LogP contribution in [0.1, 0.15) is 22.8 Å². The summed E-state index contributed by atoms with van der Waals surface area (Å²) in [7, 11) is 0. The summed E-state index contributed by atoms with van der Waals surface area (Å²) < 4.78 is 4.88. The molecule has 0 fully saturated rings. The van der Waals surface area contributed by atoms with Gasteiger partial charge in [0, 0.05) is 18.3 Å². The highest BCUT2D eigenvalue weighted by atomic mass is 16.5. The summed E-state index contributed by atoms with van der Waals surface area (Å²) in [5.41, 5.74) is 1.20. The Labute approximate surface area is 117 Å². The van der Waals surface area contributed by atoms with E-state index in [9.17, 15) is 9.90 Å². The Balaban J connectivity index is 1.98. The number of pyridine rings is 1. The summed E-state index contributed by atoms with van der Waals surface area (Å²) in [6, 6.07) is 10.4. The number of hydrogen-bond acceptors (Lipinski definition) is 5. The number of aromatic nitrogens is 1. The minimum absolute atomic E-state index is 0.239.